The van der Waals surface area contributed by atoms with Crippen molar-refractivity contribution in [3.05, 3.63) is 71.0 Å². The van der Waals surface area contributed by atoms with Crippen LogP contribution in [0.5, 0.6) is 0 Å². The minimum atomic E-state index is -4.77. The van der Waals surface area contributed by atoms with Crippen LogP contribution in [0.4, 0.5) is 17.6 Å². The molecule has 0 radical (unpaired) electrons. The number of carbonyl (C=O) groups is 4. The van der Waals surface area contributed by atoms with E-state index in [1.807, 2.05) is 30.3 Å². The van der Waals surface area contributed by atoms with Crippen molar-refractivity contribution in [3.63, 3.8) is 0 Å². The van der Waals surface area contributed by atoms with Crippen LogP contribution in [0.1, 0.15) is 48.2 Å². The van der Waals surface area contributed by atoms with Gasteiger partial charge in [-0.3, -0.25) is 24.1 Å². The van der Waals surface area contributed by atoms with E-state index in [9.17, 15) is 36.7 Å². The Labute approximate surface area is 229 Å². The van der Waals surface area contributed by atoms with Crippen molar-refractivity contribution in [1.82, 2.24) is 15.1 Å². The second kappa shape index (κ2) is 11.0. The zero-order chi connectivity index (χ0) is 29.4. The van der Waals surface area contributed by atoms with E-state index < -0.39 is 58.2 Å². The van der Waals surface area contributed by atoms with Crippen LogP contribution in [0.3, 0.4) is 0 Å². The highest BCUT2D eigenvalue weighted by atomic mass is 19.4. The summed E-state index contributed by atoms with van der Waals surface area (Å²) < 4.78 is 53.6. The lowest BCUT2D eigenvalue weighted by atomic mass is 9.68. The molecule has 2 aliphatic rings. The van der Waals surface area contributed by atoms with Crippen molar-refractivity contribution >= 4 is 23.6 Å². The first-order valence-corrected chi connectivity index (χ1v) is 13.1. The van der Waals surface area contributed by atoms with Gasteiger partial charge in [0.15, 0.2) is 0 Å². The minimum absolute atomic E-state index is 0.147. The first kappa shape index (κ1) is 29.2. The molecule has 0 aromatic heterocycles. The number of hydrogen-bond acceptors (Lipinski definition) is 4. The van der Waals surface area contributed by atoms with E-state index in [0.717, 1.165) is 10.5 Å². The standard InChI is InChI=1S/C29H31F4N3O4/c1-17(2)23(34-24(37)20-16-19(29(31,32)33)9-10-22(20)30)26(39)36-13-11-28(12-14-36)21(25(38)35(3)27(28)40)15-18-7-5-4-6-8-18/h4-10,16-17,21,23H,11-15H2,1-3H3,(H,34,37)/t21?,23-/m1/s1. The molecule has 4 amide bonds. The van der Waals surface area contributed by atoms with Gasteiger partial charge in [-0.1, -0.05) is 44.2 Å². The van der Waals surface area contributed by atoms with Crippen LogP contribution < -0.4 is 5.32 Å². The highest BCUT2D eigenvalue weighted by molar-refractivity contribution is 6.07. The van der Waals surface area contributed by atoms with Gasteiger partial charge in [0.1, 0.15) is 11.9 Å². The van der Waals surface area contributed by atoms with Gasteiger partial charge in [0, 0.05) is 20.1 Å². The normalized spacial score (nSPS) is 19.9. The Morgan fingerprint density at radius 2 is 1.68 bits per heavy atom. The number of hydrogen-bond donors (Lipinski definition) is 1. The monoisotopic (exact) mass is 561 g/mol. The van der Waals surface area contributed by atoms with E-state index in [4.69, 9.17) is 0 Å². The minimum Gasteiger partial charge on any atom is -0.341 e. The molecular formula is C29H31F4N3O4. The third-order valence-electron chi connectivity index (χ3n) is 8.03. The molecule has 214 valence electrons. The predicted molar refractivity (Wildman–Crippen MR) is 137 cm³/mol. The zero-order valence-electron chi connectivity index (χ0n) is 22.4. The fraction of sp³-hybridized carbons (Fsp3) is 0.448. The van der Waals surface area contributed by atoms with E-state index in [1.165, 1.54) is 11.9 Å². The maximum absolute atomic E-state index is 14.3. The van der Waals surface area contributed by atoms with Crippen molar-refractivity contribution < 1.29 is 36.7 Å². The van der Waals surface area contributed by atoms with Crippen LogP contribution in [0.25, 0.3) is 0 Å². The smallest absolute Gasteiger partial charge is 0.341 e. The molecule has 0 aliphatic carbocycles. The fourth-order valence-electron chi connectivity index (χ4n) is 5.68. The molecular weight excluding hydrogens is 530 g/mol. The molecule has 1 unspecified atom stereocenters. The summed E-state index contributed by atoms with van der Waals surface area (Å²) in [6.45, 7) is 3.60. The Bertz CT molecular complexity index is 1300. The SMILES string of the molecule is CC(C)[C@@H](NC(=O)c1cc(C(F)(F)F)ccc1F)C(=O)N1CCC2(CC1)C(=O)N(C)C(=O)C2Cc1ccccc1. The van der Waals surface area contributed by atoms with Crippen molar-refractivity contribution in [2.75, 3.05) is 20.1 Å². The van der Waals surface area contributed by atoms with Gasteiger partial charge < -0.3 is 10.2 Å². The number of nitrogens with one attached hydrogen (secondary N) is 1. The molecule has 11 heteroatoms. The van der Waals surface area contributed by atoms with Gasteiger partial charge in [-0.05, 0) is 48.9 Å². The van der Waals surface area contributed by atoms with Crippen LogP contribution in [0.15, 0.2) is 48.5 Å². The lowest BCUT2D eigenvalue weighted by molar-refractivity contribution is -0.145. The molecule has 2 saturated heterocycles. The maximum atomic E-state index is 14.3. The van der Waals surface area contributed by atoms with Crippen molar-refractivity contribution in [2.45, 2.75) is 45.3 Å². The van der Waals surface area contributed by atoms with Gasteiger partial charge in [0.2, 0.25) is 17.7 Å². The molecule has 40 heavy (non-hydrogen) atoms. The maximum Gasteiger partial charge on any atom is 0.416 e. The number of amides is 4. The van der Waals surface area contributed by atoms with Crippen LogP contribution >= 0.6 is 0 Å². The summed E-state index contributed by atoms with van der Waals surface area (Å²) in [5.41, 5.74) is -2.03. The van der Waals surface area contributed by atoms with Crippen molar-refractivity contribution in [2.24, 2.45) is 17.3 Å². The molecule has 2 aromatic rings. The van der Waals surface area contributed by atoms with Crippen LogP contribution in [-0.2, 0) is 27.0 Å². The Hall–Kier alpha value is -3.76. The third-order valence-corrected chi connectivity index (χ3v) is 8.03. The number of carbonyl (C=O) groups excluding carboxylic acids is 4. The summed E-state index contributed by atoms with van der Waals surface area (Å²) in [6, 6.07) is 9.76. The number of imide groups is 1. The Kier molecular flexibility index (Phi) is 8.05. The fourth-order valence-corrected chi connectivity index (χ4v) is 5.68. The van der Waals surface area contributed by atoms with Crippen LogP contribution in [0.2, 0.25) is 0 Å². The lowest BCUT2D eigenvalue weighted by Gasteiger charge is -2.41. The Morgan fingerprint density at radius 3 is 2.25 bits per heavy atom. The van der Waals surface area contributed by atoms with E-state index in [-0.39, 0.29) is 37.7 Å². The molecule has 2 heterocycles. The number of benzene rings is 2. The number of halogens is 4. The average Bonchev–Trinajstić information content (AvgIpc) is 3.08. The number of rotatable bonds is 6. The molecule has 1 N–H and O–H groups in total. The van der Waals surface area contributed by atoms with Gasteiger partial charge in [0.05, 0.1) is 22.5 Å². The van der Waals surface area contributed by atoms with E-state index in [1.54, 1.807) is 13.8 Å². The highest BCUT2D eigenvalue weighted by Gasteiger charge is 2.58. The number of nitrogens with zero attached hydrogens (tertiary/aromatic N) is 2. The number of alkyl halides is 3. The quantitative estimate of drug-likeness (QED) is 0.426. The molecule has 0 bridgehead atoms. The van der Waals surface area contributed by atoms with Crippen LogP contribution in [0, 0.1) is 23.1 Å². The van der Waals surface area contributed by atoms with Gasteiger partial charge >= 0.3 is 6.18 Å². The summed E-state index contributed by atoms with van der Waals surface area (Å²) in [4.78, 5) is 55.2. The summed E-state index contributed by atoms with van der Waals surface area (Å²) in [5.74, 6) is -4.34. The molecule has 7 nitrogen and oxygen atoms in total. The first-order valence-electron chi connectivity index (χ1n) is 13.1. The van der Waals surface area contributed by atoms with Crippen molar-refractivity contribution in [3.8, 4) is 0 Å². The highest BCUT2D eigenvalue weighted by Crippen LogP contribution is 2.47. The molecule has 2 fully saturated rings. The Morgan fingerprint density at radius 1 is 1.05 bits per heavy atom. The third kappa shape index (κ3) is 5.46. The molecule has 2 aromatic carbocycles. The van der Waals surface area contributed by atoms with Crippen LogP contribution in [-0.4, -0.2) is 59.6 Å². The second-order valence-electron chi connectivity index (χ2n) is 10.8. The Balaban J connectivity index is 1.50. The summed E-state index contributed by atoms with van der Waals surface area (Å²) >= 11 is 0. The molecule has 2 atom stereocenters. The molecule has 4 rings (SSSR count). The second-order valence-corrected chi connectivity index (χ2v) is 10.8. The molecule has 0 saturated carbocycles. The summed E-state index contributed by atoms with van der Waals surface area (Å²) in [6.07, 6.45) is -3.90. The number of piperidine rings is 1. The lowest BCUT2D eigenvalue weighted by Crippen LogP contribution is -2.55. The van der Waals surface area contributed by atoms with E-state index >= 15 is 0 Å². The van der Waals surface area contributed by atoms with Gasteiger partial charge in [-0.25, -0.2) is 4.39 Å². The summed E-state index contributed by atoms with van der Waals surface area (Å²) in [5, 5.41) is 2.41. The van der Waals surface area contributed by atoms with Gasteiger partial charge in [-0.2, -0.15) is 13.2 Å². The number of likely N-dealkylation sites (tertiary alicyclic amines) is 2. The molecule has 2 aliphatic heterocycles. The van der Waals surface area contributed by atoms with Gasteiger partial charge in [-0.15, -0.1) is 0 Å². The summed E-state index contributed by atoms with van der Waals surface area (Å²) in [7, 11) is 1.46. The predicted octanol–water partition coefficient (Wildman–Crippen LogP) is 4.07. The van der Waals surface area contributed by atoms with Crippen molar-refractivity contribution in [1.29, 1.82) is 0 Å². The topological polar surface area (TPSA) is 86.8 Å². The first-order chi connectivity index (χ1) is 18.8. The van der Waals surface area contributed by atoms with Gasteiger partial charge in [0.25, 0.3) is 5.91 Å². The van der Waals surface area contributed by atoms with E-state index in [0.29, 0.717) is 24.6 Å². The van der Waals surface area contributed by atoms with E-state index in [2.05, 4.69) is 5.32 Å². The zero-order valence-corrected chi connectivity index (χ0v) is 22.4. The largest absolute Gasteiger partial charge is 0.416 e. The average molecular weight is 562 g/mol. The molecule has 1 spiro atoms.